The summed E-state index contributed by atoms with van der Waals surface area (Å²) >= 11 is 0. The van der Waals surface area contributed by atoms with Gasteiger partial charge in [-0.2, -0.15) is 0 Å². The summed E-state index contributed by atoms with van der Waals surface area (Å²) in [4.78, 5) is 4.98. The van der Waals surface area contributed by atoms with E-state index in [1.807, 2.05) is 0 Å². The van der Waals surface area contributed by atoms with Crippen LogP contribution in [0.25, 0.3) is 0 Å². The van der Waals surface area contributed by atoms with E-state index in [2.05, 4.69) is 116 Å². The molecule has 0 amide bonds. The van der Waals surface area contributed by atoms with Crippen LogP contribution in [-0.4, -0.2) is 49.8 Å². The second-order valence-corrected chi connectivity index (χ2v) is 12.1. The lowest BCUT2D eigenvalue weighted by atomic mass is 9.70. The lowest BCUT2D eigenvalue weighted by Crippen LogP contribution is -2.64. The molecule has 3 aromatic carbocycles. The summed E-state index contributed by atoms with van der Waals surface area (Å²) in [5.41, 5.74) is 6.57. The van der Waals surface area contributed by atoms with E-state index in [1.165, 1.54) is 53.9 Å². The molecule has 194 valence electrons. The normalized spacial score (nSPS) is 25.6. The number of nitrogens with one attached hydrogen (secondary N) is 1. The van der Waals surface area contributed by atoms with Crippen LogP contribution in [0.2, 0.25) is 0 Å². The van der Waals surface area contributed by atoms with Crippen molar-refractivity contribution in [3.05, 3.63) is 95.1 Å². The highest BCUT2D eigenvalue weighted by Gasteiger charge is 2.46. The number of piperidine rings is 3. The maximum atomic E-state index is 6.51. The average molecular weight is 496 g/mol. The van der Waals surface area contributed by atoms with Crippen molar-refractivity contribution in [1.82, 2.24) is 10.2 Å². The smallest absolute Gasteiger partial charge is 0.128 e. The van der Waals surface area contributed by atoms with E-state index in [9.17, 15) is 0 Å². The molecule has 3 saturated heterocycles. The molecule has 2 atom stereocenters. The predicted molar refractivity (Wildman–Crippen MR) is 153 cm³/mol. The predicted octanol–water partition coefficient (Wildman–Crippen LogP) is 5.85. The van der Waals surface area contributed by atoms with Crippen molar-refractivity contribution in [1.29, 1.82) is 0 Å². The van der Waals surface area contributed by atoms with Crippen LogP contribution in [0.1, 0.15) is 54.9 Å². The summed E-state index contributed by atoms with van der Waals surface area (Å²) in [5, 5.41) is 4.12. The third-order valence-corrected chi connectivity index (χ3v) is 8.80. The van der Waals surface area contributed by atoms with E-state index in [-0.39, 0.29) is 5.60 Å². The highest BCUT2D eigenvalue weighted by atomic mass is 16.5. The minimum Gasteiger partial charge on any atom is -0.487 e. The van der Waals surface area contributed by atoms with Gasteiger partial charge in [0.2, 0.25) is 0 Å². The zero-order chi connectivity index (χ0) is 25.6. The maximum absolute atomic E-state index is 6.51. The van der Waals surface area contributed by atoms with Gasteiger partial charge in [-0.05, 0) is 69.0 Å². The number of anilines is 1. The molecular weight excluding hydrogens is 454 g/mol. The molecular formula is C33H41N3O. The Morgan fingerprint density at radius 1 is 0.946 bits per heavy atom. The molecule has 37 heavy (non-hydrogen) atoms. The third kappa shape index (κ3) is 4.78. The minimum atomic E-state index is -0.147. The Hall–Kier alpha value is -2.82. The van der Waals surface area contributed by atoms with Crippen LogP contribution < -0.4 is 15.0 Å². The molecule has 0 radical (unpaired) electrons. The Morgan fingerprint density at radius 2 is 1.57 bits per heavy atom. The van der Waals surface area contributed by atoms with E-state index < -0.39 is 0 Å². The van der Waals surface area contributed by atoms with E-state index in [1.54, 1.807) is 0 Å². The second kappa shape index (κ2) is 9.81. The molecule has 2 bridgehead atoms. The second-order valence-electron chi connectivity index (χ2n) is 12.1. The standard InChI is InChI=1S/C33H41N3O/c1-33(2)21-26-19-28(35(3)4)20-27(32(26)37-33)22-34-30-25-15-17-36(18-16-25)31(30)29(23-11-7-5-8-12-23)24-13-9-6-10-14-24/h5-14,19-20,25,29-31,34H,15-18,21-22H2,1-4H3. The van der Waals surface area contributed by atoms with Gasteiger partial charge in [0.05, 0.1) is 0 Å². The van der Waals surface area contributed by atoms with Crippen LogP contribution in [0.5, 0.6) is 5.75 Å². The monoisotopic (exact) mass is 495 g/mol. The minimum absolute atomic E-state index is 0.147. The molecule has 7 rings (SSSR count). The fraction of sp³-hybridized carbons (Fsp3) is 0.455. The van der Waals surface area contributed by atoms with Gasteiger partial charge in [-0.1, -0.05) is 60.7 Å². The zero-order valence-corrected chi connectivity index (χ0v) is 22.8. The van der Waals surface area contributed by atoms with Crippen LogP contribution in [0.4, 0.5) is 5.69 Å². The van der Waals surface area contributed by atoms with Crippen LogP contribution >= 0.6 is 0 Å². The van der Waals surface area contributed by atoms with Gasteiger partial charge < -0.3 is 15.0 Å². The molecule has 4 nitrogen and oxygen atoms in total. The Balaban J connectivity index is 1.35. The summed E-state index contributed by atoms with van der Waals surface area (Å²) < 4.78 is 6.51. The largest absolute Gasteiger partial charge is 0.487 e. The summed E-state index contributed by atoms with van der Waals surface area (Å²) in [6, 6.07) is 27.8. The molecule has 0 aromatic heterocycles. The Morgan fingerprint density at radius 3 is 2.16 bits per heavy atom. The van der Waals surface area contributed by atoms with Gasteiger partial charge in [0, 0.05) is 61.9 Å². The van der Waals surface area contributed by atoms with Crippen molar-refractivity contribution < 1.29 is 4.74 Å². The van der Waals surface area contributed by atoms with Crippen LogP contribution in [-0.2, 0) is 13.0 Å². The number of rotatable bonds is 7. The number of ether oxygens (including phenoxy) is 1. The van der Waals surface area contributed by atoms with Crippen molar-refractivity contribution in [2.45, 2.75) is 63.3 Å². The van der Waals surface area contributed by atoms with Gasteiger partial charge >= 0.3 is 0 Å². The lowest BCUT2D eigenvalue weighted by Gasteiger charge is -2.54. The van der Waals surface area contributed by atoms with Crippen molar-refractivity contribution in [3.8, 4) is 5.75 Å². The van der Waals surface area contributed by atoms with Crippen molar-refractivity contribution >= 4 is 5.69 Å². The third-order valence-electron chi connectivity index (χ3n) is 8.80. The molecule has 4 heteroatoms. The summed E-state index contributed by atoms with van der Waals surface area (Å²) in [6.07, 6.45) is 3.53. The molecule has 4 heterocycles. The van der Waals surface area contributed by atoms with E-state index in [0.717, 1.165) is 18.7 Å². The molecule has 3 aromatic rings. The summed E-state index contributed by atoms with van der Waals surface area (Å²) in [5.74, 6) is 2.15. The zero-order valence-electron chi connectivity index (χ0n) is 22.8. The summed E-state index contributed by atoms with van der Waals surface area (Å²) in [6.45, 7) is 7.64. The molecule has 2 unspecified atom stereocenters. The number of benzene rings is 3. The molecule has 0 saturated carbocycles. The number of hydrogen-bond acceptors (Lipinski definition) is 4. The number of fused-ring (bicyclic) bond motifs is 4. The van der Waals surface area contributed by atoms with E-state index >= 15 is 0 Å². The Kier molecular flexibility index (Phi) is 6.50. The van der Waals surface area contributed by atoms with Crippen LogP contribution in [0.15, 0.2) is 72.8 Å². The maximum Gasteiger partial charge on any atom is 0.128 e. The molecule has 4 aliphatic heterocycles. The number of hydrogen-bond donors (Lipinski definition) is 1. The topological polar surface area (TPSA) is 27.7 Å². The molecule has 1 N–H and O–H groups in total. The molecule has 0 spiro atoms. The van der Waals surface area contributed by atoms with Gasteiger partial charge in [0.25, 0.3) is 0 Å². The Bertz CT molecular complexity index is 1180. The van der Waals surface area contributed by atoms with Gasteiger partial charge in [-0.3, -0.25) is 4.90 Å². The fourth-order valence-corrected chi connectivity index (χ4v) is 7.08. The first-order chi connectivity index (χ1) is 17.9. The van der Waals surface area contributed by atoms with Crippen LogP contribution in [0, 0.1) is 5.92 Å². The van der Waals surface area contributed by atoms with Gasteiger partial charge in [-0.15, -0.1) is 0 Å². The molecule has 3 fully saturated rings. The highest BCUT2D eigenvalue weighted by molar-refractivity contribution is 5.58. The quantitative estimate of drug-likeness (QED) is 0.445. The van der Waals surface area contributed by atoms with Crippen molar-refractivity contribution in [2.24, 2.45) is 5.92 Å². The average Bonchev–Trinajstić information content (AvgIpc) is 3.23. The first-order valence-electron chi connectivity index (χ1n) is 14.0. The van der Waals surface area contributed by atoms with Gasteiger partial charge in [-0.25, -0.2) is 0 Å². The van der Waals surface area contributed by atoms with Gasteiger partial charge in [0.1, 0.15) is 11.4 Å². The first kappa shape index (κ1) is 24.5. The molecule has 0 aliphatic carbocycles. The SMILES string of the molecule is CN(C)c1cc(CNC2C3CCN(CC3)C2C(c2ccccc2)c2ccccc2)c2c(c1)CC(C)(C)O2. The van der Waals surface area contributed by atoms with Crippen molar-refractivity contribution in [2.75, 3.05) is 32.1 Å². The van der Waals surface area contributed by atoms with Crippen molar-refractivity contribution in [3.63, 3.8) is 0 Å². The number of nitrogens with zero attached hydrogens (tertiary/aromatic N) is 2. The first-order valence-corrected chi connectivity index (χ1v) is 14.0. The summed E-state index contributed by atoms with van der Waals surface area (Å²) in [7, 11) is 4.27. The molecule has 4 aliphatic rings. The van der Waals surface area contributed by atoms with Gasteiger partial charge in [0.15, 0.2) is 0 Å². The van der Waals surface area contributed by atoms with E-state index in [4.69, 9.17) is 4.74 Å². The Labute approximate surface area is 222 Å². The fourth-order valence-electron chi connectivity index (χ4n) is 7.08. The highest BCUT2D eigenvalue weighted by Crippen LogP contribution is 2.43. The lowest BCUT2D eigenvalue weighted by molar-refractivity contribution is 0.00455. The van der Waals surface area contributed by atoms with E-state index in [0.29, 0.717) is 23.9 Å². The van der Waals surface area contributed by atoms with Crippen LogP contribution in [0.3, 0.4) is 0 Å².